The molecule has 1 heterocycles. The van der Waals surface area contributed by atoms with E-state index in [0.717, 1.165) is 5.56 Å². The second-order valence-electron chi connectivity index (χ2n) is 7.74. The summed E-state index contributed by atoms with van der Waals surface area (Å²) in [5.41, 5.74) is 1.74. The van der Waals surface area contributed by atoms with Crippen LogP contribution in [0.1, 0.15) is 44.8 Å². The molecule has 0 aliphatic rings. The summed E-state index contributed by atoms with van der Waals surface area (Å²) in [5.74, 6) is 0.176. The number of fused-ring (bicyclic) bond motifs is 1. The summed E-state index contributed by atoms with van der Waals surface area (Å²) in [6.45, 7) is 5.38. The summed E-state index contributed by atoms with van der Waals surface area (Å²) in [5, 5.41) is 13.7. The fourth-order valence-corrected chi connectivity index (χ4v) is 2.92. The van der Waals surface area contributed by atoms with E-state index >= 15 is 0 Å². The number of rotatable bonds is 6. The van der Waals surface area contributed by atoms with Gasteiger partial charge in [0.1, 0.15) is 11.1 Å². The van der Waals surface area contributed by atoms with Crippen molar-refractivity contribution in [1.29, 1.82) is 0 Å². The summed E-state index contributed by atoms with van der Waals surface area (Å²) in [6, 6.07) is 16.6. The number of nitrogens with zero attached hydrogens (tertiary/aromatic N) is 1. The first kappa shape index (κ1) is 19.9. The number of nitrogens with one attached hydrogen (secondary N) is 1. The molecule has 28 heavy (non-hydrogen) atoms. The highest BCUT2D eigenvalue weighted by atomic mass is 16.6. The molecule has 0 bridgehead atoms. The van der Waals surface area contributed by atoms with Crippen molar-refractivity contribution in [3.05, 3.63) is 66.1 Å². The lowest BCUT2D eigenvalue weighted by molar-refractivity contribution is 0.0382. The van der Waals surface area contributed by atoms with Crippen LogP contribution in [0.25, 0.3) is 11.1 Å². The molecule has 3 rings (SSSR count). The zero-order valence-corrected chi connectivity index (χ0v) is 16.4. The van der Waals surface area contributed by atoms with Crippen molar-refractivity contribution in [1.82, 2.24) is 10.3 Å². The van der Waals surface area contributed by atoms with Crippen molar-refractivity contribution in [3.8, 4) is 0 Å². The molecule has 0 aliphatic heterocycles. The molecule has 6 heteroatoms. The first-order valence-electron chi connectivity index (χ1n) is 9.39. The molecule has 0 fully saturated rings. The van der Waals surface area contributed by atoms with Gasteiger partial charge >= 0.3 is 6.09 Å². The maximum absolute atomic E-state index is 12.3. The zero-order valence-electron chi connectivity index (χ0n) is 16.4. The number of alkyl carbamates (subject to hydrolysis) is 1. The molecular formula is C22H26N2O4. The molecule has 1 unspecified atom stereocenters. The number of aromatic nitrogens is 1. The molecule has 148 valence electrons. The summed E-state index contributed by atoms with van der Waals surface area (Å²) in [6.07, 6.45) is -0.494. The van der Waals surface area contributed by atoms with E-state index in [-0.39, 0.29) is 5.89 Å². The second-order valence-corrected chi connectivity index (χ2v) is 7.74. The third kappa shape index (κ3) is 5.33. The van der Waals surface area contributed by atoms with Crippen molar-refractivity contribution >= 4 is 17.2 Å². The minimum Gasteiger partial charge on any atom is -0.444 e. The van der Waals surface area contributed by atoms with Gasteiger partial charge in [-0.15, -0.1) is 0 Å². The van der Waals surface area contributed by atoms with Crippen molar-refractivity contribution in [2.45, 2.75) is 51.4 Å². The van der Waals surface area contributed by atoms with Gasteiger partial charge in [-0.05, 0) is 51.3 Å². The van der Waals surface area contributed by atoms with E-state index in [1.807, 2.05) is 48.5 Å². The van der Waals surface area contributed by atoms with Gasteiger partial charge in [-0.25, -0.2) is 9.78 Å². The minimum atomic E-state index is -1.09. The highest BCUT2D eigenvalue weighted by molar-refractivity contribution is 5.72. The maximum Gasteiger partial charge on any atom is 0.407 e. The van der Waals surface area contributed by atoms with Gasteiger partial charge in [0, 0.05) is 0 Å². The van der Waals surface area contributed by atoms with Gasteiger partial charge in [-0.1, -0.05) is 42.5 Å². The summed E-state index contributed by atoms with van der Waals surface area (Å²) in [7, 11) is 0. The topological polar surface area (TPSA) is 84.6 Å². The van der Waals surface area contributed by atoms with Crippen LogP contribution < -0.4 is 5.32 Å². The Morgan fingerprint density at radius 3 is 2.50 bits per heavy atom. The van der Waals surface area contributed by atoms with Crippen LogP contribution in [0.4, 0.5) is 4.79 Å². The molecule has 2 aromatic carbocycles. The number of carbonyl (C=O) groups is 1. The lowest BCUT2D eigenvalue weighted by atomic mass is 10.0. The highest BCUT2D eigenvalue weighted by Crippen LogP contribution is 2.24. The maximum atomic E-state index is 12.3. The quantitative estimate of drug-likeness (QED) is 0.661. The molecule has 0 radical (unpaired) electrons. The fourth-order valence-electron chi connectivity index (χ4n) is 2.92. The van der Waals surface area contributed by atoms with Crippen LogP contribution in [0.5, 0.6) is 0 Å². The third-order valence-electron chi connectivity index (χ3n) is 4.23. The van der Waals surface area contributed by atoms with Crippen molar-refractivity contribution < 1.29 is 19.1 Å². The van der Waals surface area contributed by atoms with Crippen LogP contribution in [0.15, 0.2) is 59.0 Å². The van der Waals surface area contributed by atoms with Crippen LogP contribution >= 0.6 is 0 Å². The second kappa shape index (κ2) is 8.44. The Morgan fingerprint density at radius 1 is 1.14 bits per heavy atom. The number of amides is 1. The van der Waals surface area contributed by atoms with Gasteiger partial charge in [0.2, 0.25) is 5.89 Å². The number of carbonyl (C=O) groups excluding carboxylic acids is 1. The average Bonchev–Trinajstić information content (AvgIpc) is 3.08. The Morgan fingerprint density at radius 2 is 1.82 bits per heavy atom. The van der Waals surface area contributed by atoms with E-state index in [1.54, 1.807) is 26.8 Å². The van der Waals surface area contributed by atoms with E-state index in [0.29, 0.717) is 23.9 Å². The molecule has 0 aliphatic carbocycles. The van der Waals surface area contributed by atoms with Gasteiger partial charge in [-0.3, -0.25) is 0 Å². The van der Waals surface area contributed by atoms with Gasteiger partial charge < -0.3 is 19.6 Å². The summed E-state index contributed by atoms with van der Waals surface area (Å²) < 4.78 is 11.0. The standard InChI is InChI=1S/C22H26N2O4/c1-22(2,3)28-21(26)24-17(14-13-15-9-5-4-6-10-15)19(25)20-23-16-11-7-8-12-18(16)27-20/h4-12,17,19,25H,13-14H2,1-3H3,(H,24,26)/t17?,19-/m0/s1. The highest BCUT2D eigenvalue weighted by Gasteiger charge is 2.29. The average molecular weight is 382 g/mol. The van der Waals surface area contributed by atoms with E-state index in [9.17, 15) is 9.90 Å². The van der Waals surface area contributed by atoms with Crippen LogP contribution in [-0.4, -0.2) is 27.8 Å². The van der Waals surface area contributed by atoms with Gasteiger partial charge in [0.05, 0.1) is 6.04 Å². The largest absolute Gasteiger partial charge is 0.444 e. The number of benzene rings is 2. The molecule has 1 amide bonds. The number of aryl methyl sites for hydroxylation is 1. The number of oxazole rings is 1. The molecule has 2 N–H and O–H groups in total. The van der Waals surface area contributed by atoms with E-state index in [4.69, 9.17) is 9.15 Å². The van der Waals surface area contributed by atoms with Crippen LogP contribution in [0.3, 0.4) is 0 Å². The van der Waals surface area contributed by atoms with E-state index < -0.39 is 23.8 Å². The molecule has 1 aromatic heterocycles. The number of aliphatic hydroxyl groups is 1. The van der Waals surface area contributed by atoms with E-state index in [1.165, 1.54) is 0 Å². The Balaban J connectivity index is 1.78. The minimum absolute atomic E-state index is 0.176. The Kier molecular flexibility index (Phi) is 5.99. The number of hydrogen-bond donors (Lipinski definition) is 2. The molecule has 0 saturated heterocycles. The van der Waals surface area contributed by atoms with Crippen molar-refractivity contribution in [3.63, 3.8) is 0 Å². The van der Waals surface area contributed by atoms with Gasteiger partial charge in [0.15, 0.2) is 11.7 Å². The molecule has 0 saturated carbocycles. The smallest absolute Gasteiger partial charge is 0.407 e. The number of para-hydroxylation sites is 2. The number of aliphatic hydroxyl groups excluding tert-OH is 1. The predicted molar refractivity (Wildman–Crippen MR) is 107 cm³/mol. The van der Waals surface area contributed by atoms with Crippen LogP contribution in [0.2, 0.25) is 0 Å². The number of hydrogen-bond acceptors (Lipinski definition) is 5. The van der Waals surface area contributed by atoms with Gasteiger partial charge in [-0.2, -0.15) is 0 Å². The first-order valence-corrected chi connectivity index (χ1v) is 9.39. The van der Waals surface area contributed by atoms with Crippen molar-refractivity contribution in [2.75, 3.05) is 0 Å². The van der Waals surface area contributed by atoms with Gasteiger partial charge in [0.25, 0.3) is 0 Å². The first-order chi connectivity index (χ1) is 13.3. The lowest BCUT2D eigenvalue weighted by Crippen LogP contribution is -2.42. The zero-order chi connectivity index (χ0) is 20.1. The molecule has 2 atom stereocenters. The predicted octanol–water partition coefficient (Wildman–Crippen LogP) is 4.39. The third-order valence-corrected chi connectivity index (χ3v) is 4.23. The normalized spacial score (nSPS) is 13.9. The molecule has 6 nitrogen and oxygen atoms in total. The summed E-state index contributed by atoms with van der Waals surface area (Å²) >= 11 is 0. The fraction of sp³-hybridized carbons (Fsp3) is 0.364. The van der Waals surface area contributed by atoms with E-state index in [2.05, 4.69) is 10.3 Å². The Hall–Kier alpha value is -2.86. The van der Waals surface area contributed by atoms with Crippen LogP contribution in [-0.2, 0) is 11.2 Å². The SMILES string of the molecule is CC(C)(C)OC(=O)NC(CCc1ccccc1)[C@H](O)c1nc2ccccc2o1. The van der Waals surface area contributed by atoms with Crippen molar-refractivity contribution in [2.24, 2.45) is 0 Å². The number of ether oxygens (including phenoxy) is 1. The molecular weight excluding hydrogens is 356 g/mol. The Labute approximate surface area is 164 Å². The van der Waals surface area contributed by atoms with Crippen LogP contribution in [0, 0.1) is 0 Å². The lowest BCUT2D eigenvalue weighted by Gasteiger charge is -2.25. The molecule has 3 aromatic rings. The Bertz CT molecular complexity index is 882. The monoisotopic (exact) mass is 382 g/mol. The molecule has 0 spiro atoms. The summed E-state index contributed by atoms with van der Waals surface area (Å²) in [4.78, 5) is 16.7.